The van der Waals surface area contributed by atoms with Gasteiger partial charge in [0.2, 0.25) is 0 Å². The number of hydrogen-bond acceptors (Lipinski definition) is 7. The van der Waals surface area contributed by atoms with E-state index in [4.69, 9.17) is 9.47 Å². The maximum absolute atomic E-state index is 13.6. The number of ether oxygens (including phenoxy) is 2. The van der Waals surface area contributed by atoms with Crippen LogP contribution >= 0.6 is 0 Å². The summed E-state index contributed by atoms with van der Waals surface area (Å²) in [6.45, 7) is 7.67. The average Bonchev–Trinajstić information content (AvgIpc) is 2.89. The molecule has 1 heterocycles. The van der Waals surface area contributed by atoms with Gasteiger partial charge in [0.15, 0.2) is 0 Å². The molecule has 0 aliphatic carbocycles. The lowest BCUT2D eigenvalue weighted by atomic mass is 9.99. The molecule has 0 saturated carbocycles. The number of urea groups is 1. The number of fused-ring (bicyclic) bond motifs is 1. The van der Waals surface area contributed by atoms with Crippen molar-refractivity contribution in [2.75, 3.05) is 38.6 Å². The lowest BCUT2D eigenvalue weighted by Crippen LogP contribution is -2.51. The molecular weight excluding hydrogens is 524 g/mol. The Hall–Kier alpha value is -3.51. The number of hydrogen-bond donors (Lipinski definition) is 3. The van der Waals surface area contributed by atoms with Crippen LogP contribution < -0.4 is 19.5 Å². The smallest absolute Gasteiger partial charge is 0.317 e. The van der Waals surface area contributed by atoms with Crippen LogP contribution in [0.15, 0.2) is 47.4 Å². The van der Waals surface area contributed by atoms with Crippen molar-refractivity contribution in [1.29, 1.82) is 0 Å². The van der Waals surface area contributed by atoms with Gasteiger partial charge in [-0.3, -0.25) is 9.52 Å². The SMILES string of the molecule is COc1ccc(S(=O)(=O)Nc2ccc3c(c2)C(=O)N([C@H](C)CO)C[C@H](C)[C@H](CN(C)C(=O)NC(C)C)O3)cc1. The summed E-state index contributed by atoms with van der Waals surface area (Å²) in [5, 5.41) is 12.7. The van der Waals surface area contributed by atoms with E-state index >= 15 is 0 Å². The van der Waals surface area contributed by atoms with E-state index in [1.54, 1.807) is 37.1 Å². The first-order valence-electron chi connectivity index (χ1n) is 12.8. The number of aliphatic hydroxyl groups is 1. The lowest BCUT2D eigenvalue weighted by Gasteiger charge is -2.38. The van der Waals surface area contributed by atoms with Crippen molar-refractivity contribution in [2.45, 2.75) is 50.8 Å². The monoisotopic (exact) mass is 562 g/mol. The number of benzene rings is 2. The van der Waals surface area contributed by atoms with E-state index in [1.807, 2.05) is 20.8 Å². The fourth-order valence-corrected chi connectivity index (χ4v) is 5.23. The molecule has 2 aromatic carbocycles. The Morgan fingerprint density at radius 1 is 1.21 bits per heavy atom. The predicted octanol–water partition coefficient (Wildman–Crippen LogP) is 2.77. The number of rotatable bonds is 9. The fourth-order valence-electron chi connectivity index (χ4n) is 4.18. The minimum Gasteiger partial charge on any atom is -0.497 e. The summed E-state index contributed by atoms with van der Waals surface area (Å²) in [6, 6.07) is 9.65. The minimum absolute atomic E-state index is 0.0322. The predicted molar refractivity (Wildman–Crippen MR) is 148 cm³/mol. The first-order chi connectivity index (χ1) is 18.4. The van der Waals surface area contributed by atoms with Crippen LogP contribution in [0.5, 0.6) is 11.5 Å². The molecule has 3 atom stereocenters. The molecule has 3 amide bonds. The zero-order valence-corrected chi connectivity index (χ0v) is 24.0. The Balaban J connectivity index is 1.95. The van der Waals surface area contributed by atoms with Gasteiger partial charge in [0.25, 0.3) is 15.9 Å². The average molecular weight is 563 g/mol. The number of anilines is 1. The van der Waals surface area contributed by atoms with Crippen LogP contribution in [-0.2, 0) is 10.0 Å². The number of aliphatic hydroxyl groups excluding tert-OH is 1. The van der Waals surface area contributed by atoms with E-state index < -0.39 is 28.1 Å². The molecule has 11 nitrogen and oxygen atoms in total. The molecule has 3 N–H and O–H groups in total. The van der Waals surface area contributed by atoms with Gasteiger partial charge < -0.3 is 29.7 Å². The van der Waals surface area contributed by atoms with Crippen LogP contribution in [0.2, 0.25) is 0 Å². The summed E-state index contributed by atoms with van der Waals surface area (Å²) in [6.07, 6.45) is -0.477. The van der Waals surface area contributed by atoms with Crippen molar-refractivity contribution >= 4 is 27.6 Å². The summed E-state index contributed by atoms with van der Waals surface area (Å²) in [7, 11) is -0.791. The number of nitrogens with one attached hydrogen (secondary N) is 2. The summed E-state index contributed by atoms with van der Waals surface area (Å²) in [5.74, 6) is 0.204. The molecule has 214 valence electrons. The van der Waals surface area contributed by atoms with Crippen LogP contribution in [0, 0.1) is 5.92 Å². The number of methoxy groups -OCH3 is 1. The number of likely N-dealkylation sites (N-methyl/N-ethyl adjacent to an activating group) is 1. The number of carbonyl (C=O) groups excluding carboxylic acids is 2. The quantitative estimate of drug-likeness (QED) is 0.427. The molecule has 1 aliphatic rings. The molecule has 0 spiro atoms. The largest absolute Gasteiger partial charge is 0.497 e. The molecule has 0 radical (unpaired) electrons. The van der Waals surface area contributed by atoms with Crippen LogP contribution in [0.3, 0.4) is 0 Å². The number of carbonyl (C=O) groups is 2. The van der Waals surface area contributed by atoms with Gasteiger partial charge >= 0.3 is 6.03 Å². The molecule has 3 rings (SSSR count). The molecule has 39 heavy (non-hydrogen) atoms. The number of amides is 3. The highest BCUT2D eigenvalue weighted by atomic mass is 32.2. The summed E-state index contributed by atoms with van der Waals surface area (Å²) < 4.78 is 39.9. The Kier molecular flexibility index (Phi) is 9.68. The topological polar surface area (TPSA) is 138 Å². The van der Waals surface area contributed by atoms with E-state index in [0.717, 1.165) is 0 Å². The summed E-state index contributed by atoms with van der Waals surface area (Å²) in [4.78, 5) is 29.3. The zero-order valence-electron chi connectivity index (χ0n) is 23.2. The third-order valence-corrected chi connectivity index (χ3v) is 7.90. The van der Waals surface area contributed by atoms with Crippen molar-refractivity contribution in [3.8, 4) is 11.5 Å². The highest BCUT2D eigenvalue weighted by molar-refractivity contribution is 7.92. The molecule has 0 saturated heterocycles. The highest BCUT2D eigenvalue weighted by Gasteiger charge is 2.34. The number of sulfonamides is 1. The van der Waals surface area contributed by atoms with E-state index in [9.17, 15) is 23.1 Å². The molecule has 0 fully saturated rings. The fraction of sp³-hybridized carbons (Fsp3) is 0.481. The Morgan fingerprint density at radius 2 is 1.87 bits per heavy atom. The van der Waals surface area contributed by atoms with E-state index in [-0.39, 0.29) is 59.6 Å². The van der Waals surface area contributed by atoms with Gasteiger partial charge in [-0.15, -0.1) is 0 Å². The second kappa shape index (κ2) is 12.6. The second-order valence-corrected chi connectivity index (χ2v) is 11.8. The van der Waals surface area contributed by atoms with Crippen molar-refractivity contribution in [3.63, 3.8) is 0 Å². The van der Waals surface area contributed by atoms with Gasteiger partial charge in [-0.1, -0.05) is 6.92 Å². The third-order valence-electron chi connectivity index (χ3n) is 6.50. The maximum Gasteiger partial charge on any atom is 0.317 e. The van der Waals surface area contributed by atoms with Crippen LogP contribution in [0.1, 0.15) is 38.1 Å². The first kappa shape index (κ1) is 30.0. The molecule has 12 heteroatoms. The number of nitrogens with zero attached hydrogens (tertiary/aromatic N) is 2. The van der Waals surface area contributed by atoms with Gasteiger partial charge in [-0.25, -0.2) is 13.2 Å². The van der Waals surface area contributed by atoms with Crippen molar-refractivity contribution in [3.05, 3.63) is 48.0 Å². The van der Waals surface area contributed by atoms with Gasteiger partial charge in [0, 0.05) is 31.2 Å². The third kappa shape index (κ3) is 7.33. The van der Waals surface area contributed by atoms with Crippen molar-refractivity contribution in [1.82, 2.24) is 15.1 Å². The van der Waals surface area contributed by atoms with Crippen LogP contribution in [0.25, 0.3) is 0 Å². The summed E-state index contributed by atoms with van der Waals surface area (Å²) in [5.41, 5.74) is 0.327. The lowest BCUT2D eigenvalue weighted by molar-refractivity contribution is 0.0366. The van der Waals surface area contributed by atoms with Crippen LogP contribution in [-0.4, -0.2) is 87.3 Å². The normalized spacial score (nSPS) is 18.4. The minimum atomic E-state index is -3.95. The maximum atomic E-state index is 13.6. The molecular formula is C27H38N4O7S. The molecule has 0 aromatic heterocycles. The zero-order chi connectivity index (χ0) is 28.9. The molecule has 1 aliphatic heterocycles. The van der Waals surface area contributed by atoms with Gasteiger partial charge in [-0.2, -0.15) is 0 Å². The van der Waals surface area contributed by atoms with Crippen LogP contribution in [0.4, 0.5) is 10.5 Å². The summed E-state index contributed by atoms with van der Waals surface area (Å²) >= 11 is 0. The second-order valence-electron chi connectivity index (χ2n) is 10.1. The molecule has 0 bridgehead atoms. The van der Waals surface area contributed by atoms with Gasteiger partial charge in [0.1, 0.15) is 17.6 Å². The molecule has 0 unspecified atom stereocenters. The van der Waals surface area contributed by atoms with E-state index in [2.05, 4.69) is 10.0 Å². The first-order valence-corrected chi connectivity index (χ1v) is 14.3. The van der Waals surface area contributed by atoms with E-state index in [1.165, 1.54) is 36.3 Å². The standard InChI is InChI=1S/C27H38N4O7S/c1-17(2)28-27(34)30(5)15-25-18(3)14-31(19(4)16-32)26(33)23-13-20(7-12-24(23)38-25)29-39(35,36)22-10-8-21(37-6)9-11-22/h7-13,17-19,25,29,32H,14-16H2,1-6H3,(H,28,34)/t18-,19+,25-/m0/s1. The van der Waals surface area contributed by atoms with Gasteiger partial charge in [-0.05, 0) is 63.2 Å². The van der Waals surface area contributed by atoms with Gasteiger partial charge in [0.05, 0.1) is 36.8 Å². The van der Waals surface area contributed by atoms with Crippen molar-refractivity contribution in [2.24, 2.45) is 5.92 Å². The Labute approximate surface area is 230 Å². The Bertz CT molecular complexity index is 1270. The Morgan fingerprint density at radius 3 is 2.46 bits per heavy atom. The van der Waals surface area contributed by atoms with Crippen molar-refractivity contribution < 1.29 is 32.6 Å². The van der Waals surface area contributed by atoms with E-state index in [0.29, 0.717) is 5.75 Å². The molecule has 2 aromatic rings. The highest BCUT2D eigenvalue weighted by Crippen LogP contribution is 2.31.